The molecule has 1 atom stereocenters. The van der Waals surface area contributed by atoms with Crippen LogP contribution in [0.3, 0.4) is 0 Å². The smallest absolute Gasteiger partial charge is 0.312 e. The van der Waals surface area contributed by atoms with E-state index in [0.29, 0.717) is 21.3 Å². The minimum atomic E-state index is -0.789. The molecule has 27 heavy (non-hydrogen) atoms. The van der Waals surface area contributed by atoms with Gasteiger partial charge in [0.2, 0.25) is 0 Å². The first kappa shape index (κ1) is 20.5. The molecule has 0 radical (unpaired) electrons. The Morgan fingerprint density at radius 1 is 0.963 bits per heavy atom. The number of rotatable bonds is 7. The Hall–Kier alpha value is -2.77. The third kappa shape index (κ3) is 7.16. The fraction of sp³-hybridized carbons (Fsp3) is 0.167. The van der Waals surface area contributed by atoms with Gasteiger partial charge in [0, 0.05) is 15.7 Å². The Morgan fingerprint density at radius 2 is 1.52 bits per heavy atom. The molecule has 0 spiro atoms. The zero-order chi connectivity index (χ0) is 19.8. The summed E-state index contributed by atoms with van der Waals surface area (Å²) in [4.78, 5) is 35.1. The number of carbonyl (C=O) groups is 3. The normalized spacial score (nSPS) is 11.3. The van der Waals surface area contributed by atoms with E-state index in [-0.39, 0.29) is 6.42 Å². The van der Waals surface area contributed by atoms with Crippen LogP contribution >= 0.6 is 23.2 Å². The van der Waals surface area contributed by atoms with E-state index in [1.54, 1.807) is 48.5 Å². The van der Waals surface area contributed by atoms with Gasteiger partial charge in [0.25, 0.3) is 5.91 Å². The van der Waals surface area contributed by atoms with E-state index in [0.717, 1.165) is 0 Å². The Balaban J connectivity index is 1.89. The molecule has 4 N–H and O–H groups in total. The molecule has 0 unspecified atom stereocenters. The molecular formula is C18H17Cl2N3O4. The minimum absolute atomic E-state index is 0.196. The Kier molecular flexibility index (Phi) is 7.45. The molecular weight excluding hydrogens is 393 g/mol. The minimum Gasteiger partial charge on any atom is -0.455 e. The van der Waals surface area contributed by atoms with Crippen LogP contribution < -0.4 is 16.4 Å². The van der Waals surface area contributed by atoms with E-state index in [1.165, 1.54) is 0 Å². The van der Waals surface area contributed by atoms with Gasteiger partial charge in [-0.15, -0.1) is 0 Å². The lowest BCUT2D eigenvalue weighted by Crippen LogP contribution is -2.35. The molecule has 0 aliphatic carbocycles. The third-order valence-electron chi connectivity index (χ3n) is 3.45. The van der Waals surface area contributed by atoms with Crippen LogP contribution in [0.4, 0.5) is 10.5 Å². The highest BCUT2D eigenvalue weighted by Gasteiger charge is 2.19. The molecule has 0 aliphatic rings. The van der Waals surface area contributed by atoms with Gasteiger partial charge in [-0.05, 0) is 42.0 Å². The van der Waals surface area contributed by atoms with Crippen molar-refractivity contribution in [2.24, 2.45) is 5.73 Å². The maximum absolute atomic E-state index is 12.0. The second kappa shape index (κ2) is 9.80. The van der Waals surface area contributed by atoms with Gasteiger partial charge in [-0.25, -0.2) is 4.79 Å². The quantitative estimate of drug-likeness (QED) is 0.609. The molecule has 7 nitrogen and oxygen atoms in total. The number of primary amides is 1. The second-order valence-corrected chi connectivity index (χ2v) is 6.41. The summed E-state index contributed by atoms with van der Waals surface area (Å²) < 4.78 is 4.96. The number of hydrogen-bond acceptors (Lipinski definition) is 4. The number of benzene rings is 2. The predicted molar refractivity (Wildman–Crippen MR) is 103 cm³/mol. The van der Waals surface area contributed by atoms with Crippen LogP contribution in [0.25, 0.3) is 0 Å². The number of hydrogen-bond donors (Lipinski definition) is 3. The number of esters is 1. The number of urea groups is 1. The van der Waals surface area contributed by atoms with Crippen molar-refractivity contribution in [3.05, 3.63) is 64.1 Å². The number of anilines is 1. The fourth-order valence-electron chi connectivity index (χ4n) is 2.22. The van der Waals surface area contributed by atoms with E-state index in [4.69, 9.17) is 33.7 Å². The lowest BCUT2D eigenvalue weighted by atomic mass is 10.0. The van der Waals surface area contributed by atoms with Crippen LogP contribution in [-0.2, 0) is 14.3 Å². The summed E-state index contributed by atoms with van der Waals surface area (Å²) in [5.41, 5.74) is 6.30. The first-order chi connectivity index (χ1) is 12.8. The van der Waals surface area contributed by atoms with Gasteiger partial charge in [0.05, 0.1) is 12.5 Å². The molecule has 3 amide bonds. The van der Waals surface area contributed by atoms with E-state index in [2.05, 4.69) is 10.6 Å². The fourth-order valence-corrected chi connectivity index (χ4v) is 2.47. The highest BCUT2D eigenvalue weighted by atomic mass is 35.5. The van der Waals surface area contributed by atoms with Crippen molar-refractivity contribution in [2.45, 2.75) is 12.5 Å². The van der Waals surface area contributed by atoms with Crippen molar-refractivity contribution in [1.29, 1.82) is 0 Å². The predicted octanol–water partition coefficient (Wildman–Crippen LogP) is 3.27. The van der Waals surface area contributed by atoms with Gasteiger partial charge in [-0.1, -0.05) is 35.3 Å². The lowest BCUT2D eigenvalue weighted by molar-refractivity contribution is -0.147. The van der Waals surface area contributed by atoms with Gasteiger partial charge >= 0.3 is 12.0 Å². The zero-order valence-electron chi connectivity index (χ0n) is 14.1. The average molecular weight is 410 g/mol. The lowest BCUT2D eigenvalue weighted by Gasteiger charge is -2.17. The van der Waals surface area contributed by atoms with Crippen molar-refractivity contribution in [2.75, 3.05) is 11.9 Å². The summed E-state index contributed by atoms with van der Waals surface area (Å²) >= 11 is 11.6. The molecule has 2 aromatic carbocycles. The van der Waals surface area contributed by atoms with Crippen LogP contribution in [-0.4, -0.2) is 24.5 Å². The van der Waals surface area contributed by atoms with E-state index in [1.807, 2.05) is 0 Å². The topological polar surface area (TPSA) is 111 Å². The molecule has 2 rings (SSSR count). The van der Waals surface area contributed by atoms with Crippen LogP contribution in [0.5, 0.6) is 0 Å². The summed E-state index contributed by atoms with van der Waals surface area (Å²) in [5, 5.41) is 6.08. The maximum atomic E-state index is 12.0. The highest BCUT2D eigenvalue weighted by molar-refractivity contribution is 6.30. The Labute approximate surface area is 165 Å². The van der Waals surface area contributed by atoms with E-state index >= 15 is 0 Å². The molecule has 2 aromatic rings. The number of ether oxygens (including phenoxy) is 1. The van der Waals surface area contributed by atoms with Crippen molar-refractivity contribution >= 4 is 46.8 Å². The molecule has 0 heterocycles. The van der Waals surface area contributed by atoms with E-state index in [9.17, 15) is 14.4 Å². The average Bonchev–Trinajstić information content (AvgIpc) is 2.62. The second-order valence-electron chi connectivity index (χ2n) is 5.53. The van der Waals surface area contributed by atoms with Crippen LogP contribution in [0.2, 0.25) is 10.0 Å². The molecule has 0 bridgehead atoms. The Morgan fingerprint density at radius 3 is 2.07 bits per heavy atom. The van der Waals surface area contributed by atoms with Crippen LogP contribution in [0.1, 0.15) is 18.0 Å². The maximum Gasteiger partial charge on any atom is 0.312 e. The molecule has 0 saturated heterocycles. The van der Waals surface area contributed by atoms with E-state index < -0.39 is 30.6 Å². The monoisotopic (exact) mass is 409 g/mol. The number of nitrogens with two attached hydrogens (primary N) is 1. The molecule has 142 valence electrons. The molecule has 9 heteroatoms. The van der Waals surface area contributed by atoms with Gasteiger partial charge in [-0.3, -0.25) is 9.59 Å². The van der Waals surface area contributed by atoms with Crippen molar-refractivity contribution in [3.63, 3.8) is 0 Å². The summed E-state index contributed by atoms with van der Waals surface area (Å²) in [6, 6.07) is 11.5. The van der Waals surface area contributed by atoms with Crippen molar-refractivity contribution in [1.82, 2.24) is 5.32 Å². The first-order valence-corrected chi connectivity index (χ1v) is 8.61. The summed E-state index contributed by atoms with van der Waals surface area (Å²) in [7, 11) is 0. The number of nitrogens with one attached hydrogen (secondary N) is 2. The van der Waals surface area contributed by atoms with Gasteiger partial charge in [0.1, 0.15) is 0 Å². The van der Waals surface area contributed by atoms with Crippen molar-refractivity contribution in [3.8, 4) is 0 Å². The number of carbonyl (C=O) groups excluding carboxylic acids is 3. The van der Waals surface area contributed by atoms with Gasteiger partial charge < -0.3 is 21.1 Å². The summed E-state index contributed by atoms with van der Waals surface area (Å²) in [6.07, 6.45) is -0.196. The molecule has 0 fully saturated rings. The molecule has 0 saturated carbocycles. The van der Waals surface area contributed by atoms with Gasteiger partial charge in [-0.2, -0.15) is 0 Å². The zero-order valence-corrected chi connectivity index (χ0v) is 15.6. The molecule has 0 aromatic heterocycles. The first-order valence-electron chi connectivity index (χ1n) is 7.86. The van der Waals surface area contributed by atoms with Crippen LogP contribution in [0.15, 0.2) is 48.5 Å². The van der Waals surface area contributed by atoms with Crippen molar-refractivity contribution < 1.29 is 19.1 Å². The highest BCUT2D eigenvalue weighted by Crippen LogP contribution is 2.20. The number of amides is 3. The van der Waals surface area contributed by atoms with Crippen LogP contribution in [0, 0.1) is 0 Å². The van der Waals surface area contributed by atoms with Gasteiger partial charge in [0.15, 0.2) is 6.61 Å². The largest absolute Gasteiger partial charge is 0.455 e. The summed E-state index contributed by atoms with van der Waals surface area (Å²) in [5.74, 6) is -1.17. The number of halogens is 2. The third-order valence-corrected chi connectivity index (χ3v) is 3.96. The SMILES string of the molecule is NC(=O)N[C@@H](CC(=O)OCC(=O)Nc1ccc(Cl)cc1)c1ccc(Cl)cc1. The Bertz CT molecular complexity index is 810. The summed E-state index contributed by atoms with van der Waals surface area (Å²) in [6.45, 7) is -0.467. The molecule has 0 aliphatic heterocycles. The standard InChI is InChI=1S/C18H17Cl2N3O4/c19-12-3-1-11(2-4-12)15(23-18(21)26)9-17(25)27-10-16(24)22-14-7-5-13(20)6-8-14/h1-8,15H,9-10H2,(H,22,24)(H3,21,23,26)/t15-/m0/s1.